The largest absolute Gasteiger partial charge is 0.495 e. The number of nitrogens with zero attached hydrogens (tertiary/aromatic N) is 3. The van der Waals surface area contributed by atoms with E-state index in [0.717, 1.165) is 11.1 Å². The second-order valence-corrected chi connectivity index (χ2v) is 9.31. The molecule has 0 atom stereocenters. The summed E-state index contributed by atoms with van der Waals surface area (Å²) in [6.45, 7) is 0.337. The van der Waals surface area contributed by atoms with Gasteiger partial charge in [-0.2, -0.15) is 0 Å². The van der Waals surface area contributed by atoms with E-state index in [1.165, 1.54) is 9.80 Å². The Kier molecular flexibility index (Phi) is 8.56. The maximum Gasteiger partial charge on any atom is 0.274 e. The molecule has 0 aliphatic rings. The van der Waals surface area contributed by atoms with Gasteiger partial charge >= 0.3 is 0 Å². The normalized spacial score (nSPS) is 10.6. The summed E-state index contributed by atoms with van der Waals surface area (Å²) >= 11 is 0. The van der Waals surface area contributed by atoms with Gasteiger partial charge in [-0.05, 0) is 23.3 Å². The highest BCUT2D eigenvalue weighted by molar-refractivity contribution is 6.04. The number of benzene rings is 3. The van der Waals surface area contributed by atoms with Gasteiger partial charge in [0.25, 0.3) is 11.8 Å². The fraction of sp³-hybridized carbons (Fsp3) is 0.226. The molecule has 0 aliphatic carbocycles. The van der Waals surface area contributed by atoms with Gasteiger partial charge in [-0.15, -0.1) is 0 Å². The predicted octanol–water partition coefficient (Wildman–Crippen LogP) is 5.05. The Morgan fingerprint density at radius 2 is 1.05 bits per heavy atom. The first kappa shape index (κ1) is 27.3. The average Bonchev–Trinajstić information content (AvgIpc) is 3.28. The number of hydrogen-bond acceptors (Lipinski definition) is 5. The SMILES string of the molecule is COc1ccccc1-n1c(C(=O)N(C)C)c(OCc2ccccc2)c(OCc2ccccc2)c1C(=O)N(C)C. The average molecular weight is 528 g/mol. The number of aromatic nitrogens is 1. The van der Waals surface area contributed by atoms with Gasteiger partial charge in [-0.25, -0.2) is 0 Å². The Labute approximate surface area is 228 Å². The maximum atomic E-state index is 13.8. The molecule has 2 amide bonds. The second kappa shape index (κ2) is 12.2. The van der Waals surface area contributed by atoms with Crippen LogP contribution in [0.2, 0.25) is 0 Å². The summed E-state index contributed by atoms with van der Waals surface area (Å²) in [5.74, 6) is 0.143. The summed E-state index contributed by atoms with van der Waals surface area (Å²) in [5, 5.41) is 0. The number of ether oxygens (including phenoxy) is 3. The van der Waals surface area contributed by atoms with Crippen molar-refractivity contribution in [2.75, 3.05) is 35.3 Å². The molecule has 0 bridgehead atoms. The zero-order chi connectivity index (χ0) is 27.9. The standard InChI is InChI=1S/C31H33N3O5/c1-32(2)30(35)26-28(38-20-22-14-8-6-9-15-22)29(39-21-23-16-10-7-11-17-23)27(31(36)33(3)4)34(26)24-18-12-13-19-25(24)37-5/h6-19H,20-21H2,1-5H3. The summed E-state index contributed by atoms with van der Waals surface area (Å²) < 4.78 is 19.9. The molecule has 0 saturated carbocycles. The number of rotatable bonds is 10. The van der Waals surface area contributed by atoms with E-state index < -0.39 is 0 Å². The number of carbonyl (C=O) groups is 2. The van der Waals surface area contributed by atoms with Gasteiger partial charge in [0.2, 0.25) is 0 Å². The molecule has 202 valence electrons. The molecule has 8 nitrogen and oxygen atoms in total. The van der Waals surface area contributed by atoms with Crippen LogP contribution in [0.25, 0.3) is 5.69 Å². The first-order valence-corrected chi connectivity index (χ1v) is 12.5. The monoisotopic (exact) mass is 527 g/mol. The van der Waals surface area contributed by atoms with Gasteiger partial charge < -0.3 is 24.0 Å². The molecule has 0 unspecified atom stereocenters. The number of carbonyl (C=O) groups excluding carboxylic acids is 2. The molecule has 0 saturated heterocycles. The summed E-state index contributed by atoms with van der Waals surface area (Å²) in [7, 11) is 8.16. The van der Waals surface area contributed by atoms with Gasteiger partial charge in [0.1, 0.15) is 19.0 Å². The minimum atomic E-state index is -0.355. The molecule has 0 spiro atoms. The van der Waals surface area contributed by atoms with Crippen LogP contribution in [-0.4, -0.2) is 61.5 Å². The highest BCUT2D eigenvalue weighted by Gasteiger charge is 2.36. The van der Waals surface area contributed by atoms with Crippen molar-refractivity contribution in [3.8, 4) is 22.9 Å². The van der Waals surface area contributed by atoms with Crippen molar-refractivity contribution in [1.29, 1.82) is 0 Å². The topological polar surface area (TPSA) is 73.2 Å². The molecule has 4 aromatic rings. The summed E-state index contributed by atoms with van der Waals surface area (Å²) in [5.41, 5.74) is 2.64. The lowest BCUT2D eigenvalue weighted by Crippen LogP contribution is -2.28. The molecule has 1 aromatic heterocycles. The van der Waals surface area contributed by atoms with Crippen LogP contribution in [0.4, 0.5) is 0 Å². The predicted molar refractivity (Wildman–Crippen MR) is 150 cm³/mol. The Bertz CT molecular complexity index is 1340. The van der Waals surface area contributed by atoms with E-state index in [4.69, 9.17) is 14.2 Å². The Morgan fingerprint density at radius 3 is 1.46 bits per heavy atom. The molecule has 0 fully saturated rings. The Balaban J connectivity index is 2.01. The van der Waals surface area contributed by atoms with Crippen molar-refractivity contribution in [1.82, 2.24) is 14.4 Å². The third kappa shape index (κ3) is 5.90. The van der Waals surface area contributed by atoms with E-state index in [0.29, 0.717) is 11.4 Å². The van der Waals surface area contributed by atoms with Crippen LogP contribution >= 0.6 is 0 Å². The third-order valence-corrected chi connectivity index (χ3v) is 6.08. The Hall–Kier alpha value is -4.72. The van der Waals surface area contributed by atoms with E-state index in [2.05, 4.69) is 0 Å². The molecule has 0 N–H and O–H groups in total. The van der Waals surface area contributed by atoms with Crippen LogP contribution < -0.4 is 14.2 Å². The smallest absolute Gasteiger partial charge is 0.274 e. The lowest BCUT2D eigenvalue weighted by atomic mass is 10.2. The van der Waals surface area contributed by atoms with Crippen molar-refractivity contribution in [3.05, 3.63) is 107 Å². The fourth-order valence-electron chi connectivity index (χ4n) is 4.12. The van der Waals surface area contributed by atoms with Crippen LogP contribution in [0.1, 0.15) is 32.1 Å². The van der Waals surface area contributed by atoms with Crippen molar-refractivity contribution in [2.24, 2.45) is 0 Å². The number of methoxy groups -OCH3 is 1. The van der Waals surface area contributed by atoms with E-state index in [-0.39, 0.29) is 47.9 Å². The molecule has 0 radical (unpaired) electrons. The first-order chi connectivity index (χ1) is 18.8. The van der Waals surface area contributed by atoms with E-state index in [9.17, 15) is 9.59 Å². The summed E-state index contributed by atoms with van der Waals surface area (Å²) in [6, 6.07) is 26.4. The van der Waals surface area contributed by atoms with Crippen LogP contribution in [0.3, 0.4) is 0 Å². The molecule has 1 heterocycles. The van der Waals surface area contributed by atoms with E-state index in [1.807, 2.05) is 72.8 Å². The minimum Gasteiger partial charge on any atom is -0.495 e. The molecule has 8 heteroatoms. The number of amides is 2. The lowest BCUT2D eigenvalue weighted by molar-refractivity contribution is 0.0810. The van der Waals surface area contributed by atoms with Crippen molar-refractivity contribution in [2.45, 2.75) is 13.2 Å². The lowest BCUT2D eigenvalue weighted by Gasteiger charge is -2.19. The highest BCUT2D eigenvalue weighted by atomic mass is 16.5. The first-order valence-electron chi connectivity index (χ1n) is 12.5. The van der Waals surface area contributed by atoms with E-state index >= 15 is 0 Å². The van der Waals surface area contributed by atoms with Crippen molar-refractivity contribution < 1.29 is 23.8 Å². The van der Waals surface area contributed by atoms with Crippen LogP contribution in [0.15, 0.2) is 84.9 Å². The maximum absolute atomic E-state index is 13.8. The second-order valence-electron chi connectivity index (χ2n) is 9.31. The molecular formula is C31H33N3O5. The van der Waals surface area contributed by atoms with Crippen molar-refractivity contribution >= 4 is 11.8 Å². The number of hydrogen-bond donors (Lipinski definition) is 0. The summed E-state index contributed by atoms with van der Waals surface area (Å²) in [6.07, 6.45) is 0. The third-order valence-electron chi connectivity index (χ3n) is 6.08. The van der Waals surface area contributed by atoms with E-state index in [1.54, 1.807) is 52.0 Å². The highest BCUT2D eigenvalue weighted by Crippen LogP contribution is 2.43. The van der Waals surface area contributed by atoms with Gasteiger partial charge in [-0.1, -0.05) is 72.8 Å². The molecular weight excluding hydrogens is 494 g/mol. The molecule has 3 aromatic carbocycles. The van der Waals surface area contributed by atoms with Crippen LogP contribution in [-0.2, 0) is 13.2 Å². The van der Waals surface area contributed by atoms with Crippen molar-refractivity contribution in [3.63, 3.8) is 0 Å². The van der Waals surface area contributed by atoms with Gasteiger partial charge in [0, 0.05) is 28.2 Å². The zero-order valence-corrected chi connectivity index (χ0v) is 22.9. The zero-order valence-electron chi connectivity index (χ0n) is 22.9. The van der Waals surface area contributed by atoms with Gasteiger partial charge in [0.05, 0.1) is 12.8 Å². The van der Waals surface area contributed by atoms with Crippen LogP contribution in [0, 0.1) is 0 Å². The fourth-order valence-corrected chi connectivity index (χ4v) is 4.12. The van der Waals surface area contributed by atoms with Gasteiger partial charge in [-0.3, -0.25) is 14.2 Å². The van der Waals surface area contributed by atoms with Crippen LogP contribution in [0.5, 0.6) is 17.2 Å². The molecule has 0 aliphatic heterocycles. The molecule has 39 heavy (non-hydrogen) atoms. The Morgan fingerprint density at radius 1 is 0.641 bits per heavy atom. The summed E-state index contributed by atoms with van der Waals surface area (Å²) in [4.78, 5) is 30.5. The molecule has 4 rings (SSSR count). The number of para-hydroxylation sites is 2. The quantitative estimate of drug-likeness (QED) is 0.289. The minimum absolute atomic E-state index is 0.161. The van der Waals surface area contributed by atoms with Gasteiger partial charge in [0.15, 0.2) is 22.9 Å².